The van der Waals surface area contributed by atoms with Gasteiger partial charge >= 0.3 is 0 Å². The molecule has 0 unspecified atom stereocenters. The number of hydrogen-bond acceptors (Lipinski definition) is 4. The van der Waals surface area contributed by atoms with Gasteiger partial charge in [0, 0.05) is 18.7 Å². The summed E-state index contributed by atoms with van der Waals surface area (Å²) in [6, 6.07) is 16.3. The van der Waals surface area contributed by atoms with E-state index in [4.69, 9.17) is 0 Å². The van der Waals surface area contributed by atoms with E-state index >= 15 is 0 Å². The molecule has 138 valence electrons. The molecule has 0 spiro atoms. The van der Waals surface area contributed by atoms with Gasteiger partial charge < -0.3 is 4.90 Å². The summed E-state index contributed by atoms with van der Waals surface area (Å²) in [7, 11) is -2.48. The van der Waals surface area contributed by atoms with Crippen molar-refractivity contribution in [2.45, 2.75) is 23.7 Å². The van der Waals surface area contributed by atoms with Gasteiger partial charge in [0.25, 0.3) is 15.9 Å². The number of likely N-dealkylation sites (tertiary alicyclic amines) is 1. The average molecular weight is 374 g/mol. The molecule has 1 aliphatic rings. The van der Waals surface area contributed by atoms with Crippen LogP contribution in [0.2, 0.25) is 0 Å². The van der Waals surface area contributed by atoms with Crippen molar-refractivity contribution >= 4 is 15.9 Å². The molecule has 26 heavy (non-hydrogen) atoms. The molecule has 1 fully saturated rings. The number of piperidine rings is 1. The second-order valence-electron chi connectivity index (χ2n) is 6.29. The van der Waals surface area contributed by atoms with E-state index in [0.717, 1.165) is 12.8 Å². The lowest BCUT2D eigenvalue weighted by atomic mass is 9.89. The summed E-state index contributed by atoms with van der Waals surface area (Å²) in [5.74, 6) is 0.410. The second-order valence-corrected chi connectivity index (χ2v) is 7.94. The smallest absolute Gasteiger partial charge is 0.262 e. The minimum atomic E-state index is -3.71. The molecule has 0 saturated carbocycles. The SMILES string of the molecule is CONS(=O)(=O)c1ccc(C(=O)N2CCC(c3ccccc3)CC2)cc1. The minimum absolute atomic E-state index is 0.0543. The first-order chi connectivity index (χ1) is 12.5. The first-order valence-electron chi connectivity index (χ1n) is 8.50. The average Bonchev–Trinajstić information content (AvgIpc) is 2.68. The Labute approximate surface area is 153 Å². The lowest BCUT2D eigenvalue weighted by molar-refractivity contribution is 0.0713. The summed E-state index contributed by atoms with van der Waals surface area (Å²) < 4.78 is 23.7. The first-order valence-corrected chi connectivity index (χ1v) is 9.98. The van der Waals surface area contributed by atoms with Gasteiger partial charge in [0.1, 0.15) is 0 Å². The lowest BCUT2D eigenvalue weighted by Gasteiger charge is -2.32. The zero-order chi connectivity index (χ0) is 18.6. The van der Waals surface area contributed by atoms with E-state index in [2.05, 4.69) is 17.0 Å². The van der Waals surface area contributed by atoms with Gasteiger partial charge in [0.15, 0.2) is 0 Å². The monoisotopic (exact) mass is 374 g/mol. The molecule has 0 aliphatic carbocycles. The van der Waals surface area contributed by atoms with Gasteiger partial charge in [0.05, 0.1) is 12.0 Å². The third-order valence-electron chi connectivity index (χ3n) is 4.66. The Morgan fingerprint density at radius 3 is 2.23 bits per heavy atom. The predicted molar refractivity (Wildman–Crippen MR) is 98.1 cm³/mol. The molecule has 1 saturated heterocycles. The zero-order valence-corrected chi connectivity index (χ0v) is 15.4. The Morgan fingerprint density at radius 1 is 1.04 bits per heavy atom. The fraction of sp³-hybridized carbons (Fsp3) is 0.316. The second kappa shape index (κ2) is 7.99. The quantitative estimate of drug-likeness (QED) is 0.816. The summed E-state index contributed by atoms with van der Waals surface area (Å²) in [5, 5.41) is 0. The van der Waals surface area contributed by atoms with Crippen LogP contribution < -0.4 is 4.89 Å². The largest absolute Gasteiger partial charge is 0.339 e. The number of nitrogens with one attached hydrogen (secondary N) is 1. The standard InChI is InChI=1S/C19H22N2O4S/c1-25-20-26(23,24)18-9-7-17(8-10-18)19(22)21-13-11-16(12-14-21)15-5-3-2-4-6-15/h2-10,16,20H,11-14H2,1H3. The molecule has 0 aromatic heterocycles. The van der Waals surface area contributed by atoms with Crippen LogP contribution >= 0.6 is 0 Å². The van der Waals surface area contributed by atoms with Crippen molar-refractivity contribution in [3.05, 3.63) is 65.7 Å². The van der Waals surface area contributed by atoms with Crippen LogP contribution in [0.5, 0.6) is 0 Å². The fourth-order valence-electron chi connectivity index (χ4n) is 3.26. The van der Waals surface area contributed by atoms with E-state index in [0.29, 0.717) is 24.6 Å². The van der Waals surface area contributed by atoms with Gasteiger partial charge in [-0.3, -0.25) is 9.63 Å². The van der Waals surface area contributed by atoms with Crippen LogP contribution in [0.15, 0.2) is 59.5 Å². The van der Waals surface area contributed by atoms with Crippen LogP contribution in [0, 0.1) is 0 Å². The molecule has 1 amide bonds. The van der Waals surface area contributed by atoms with Crippen molar-refractivity contribution in [2.75, 3.05) is 20.2 Å². The molecule has 0 bridgehead atoms. The normalized spacial score (nSPS) is 15.8. The lowest BCUT2D eigenvalue weighted by Crippen LogP contribution is -2.37. The van der Waals surface area contributed by atoms with Gasteiger partial charge in [0.2, 0.25) is 0 Å². The van der Waals surface area contributed by atoms with E-state index in [9.17, 15) is 13.2 Å². The molecule has 1 aliphatic heterocycles. The molecular weight excluding hydrogens is 352 g/mol. The molecule has 3 rings (SSSR count). The number of rotatable bonds is 5. The summed E-state index contributed by atoms with van der Waals surface area (Å²) >= 11 is 0. The van der Waals surface area contributed by atoms with Crippen molar-refractivity contribution in [3.8, 4) is 0 Å². The highest BCUT2D eigenvalue weighted by Gasteiger charge is 2.25. The molecule has 1 N–H and O–H groups in total. The molecule has 0 radical (unpaired) electrons. The molecular formula is C19H22N2O4S. The third-order valence-corrected chi connectivity index (χ3v) is 5.94. The number of amides is 1. The van der Waals surface area contributed by atoms with Crippen LogP contribution in [0.4, 0.5) is 0 Å². The van der Waals surface area contributed by atoms with E-state index in [1.54, 1.807) is 0 Å². The van der Waals surface area contributed by atoms with Crippen LogP contribution in [-0.2, 0) is 14.9 Å². The van der Waals surface area contributed by atoms with E-state index in [1.165, 1.54) is 36.9 Å². The number of carbonyl (C=O) groups is 1. The van der Waals surface area contributed by atoms with Gasteiger partial charge in [-0.15, -0.1) is 0 Å². The maximum Gasteiger partial charge on any atom is 0.262 e. The van der Waals surface area contributed by atoms with E-state index in [-0.39, 0.29) is 10.8 Å². The van der Waals surface area contributed by atoms with Crippen molar-refractivity contribution in [1.29, 1.82) is 0 Å². The van der Waals surface area contributed by atoms with Crippen molar-refractivity contribution in [2.24, 2.45) is 0 Å². The molecule has 7 heteroatoms. The number of carbonyl (C=O) groups excluding carboxylic acids is 1. The molecule has 2 aromatic rings. The van der Waals surface area contributed by atoms with Crippen molar-refractivity contribution < 1.29 is 18.0 Å². The zero-order valence-electron chi connectivity index (χ0n) is 14.6. The third kappa shape index (κ3) is 4.12. The van der Waals surface area contributed by atoms with E-state index in [1.807, 2.05) is 28.0 Å². The van der Waals surface area contributed by atoms with E-state index < -0.39 is 10.0 Å². The first kappa shape index (κ1) is 18.6. The number of sulfonamides is 1. The highest BCUT2D eigenvalue weighted by molar-refractivity contribution is 7.89. The number of benzene rings is 2. The topological polar surface area (TPSA) is 75.7 Å². The minimum Gasteiger partial charge on any atom is -0.339 e. The molecule has 2 aromatic carbocycles. The van der Waals surface area contributed by atoms with Crippen LogP contribution in [0.3, 0.4) is 0 Å². The summed E-state index contributed by atoms with van der Waals surface area (Å²) in [6.45, 7) is 1.40. The Bertz CT molecular complexity index is 843. The van der Waals surface area contributed by atoms with Gasteiger partial charge in [-0.2, -0.15) is 0 Å². The van der Waals surface area contributed by atoms with Crippen LogP contribution in [0.25, 0.3) is 0 Å². The van der Waals surface area contributed by atoms with Crippen LogP contribution in [-0.4, -0.2) is 39.4 Å². The Morgan fingerprint density at radius 2 is 1.65 bits per heavy atom. The highest BCUT2D eigenvalue weighted by Crippen LogP contribution is 2.28. The summed E-state index contributed by atoms with van der Waals surface area (Å²) in [6.07, 6.45) is 1.86. The summed E-state index contributed by atoms with van der Waals surface area (Å²) in [5.41, 5.74) is 1.80. The fourth-order valence-corrected chi connectivity index (χ4v) is 4.07. The number of hydrogen-bond donors (Lipinski definition) is 1. The maximum atomic E-state index is 12.7. The van der Waals surface area contributed by atoms with Gasteiger partial charge in [-0.1, -0.05) is 35.2 Å². The predicted octanol–water partition coefficient (Wildman–Crippen LogP) is 2.55. The highest BCUT2D eigenvalue weighted by atomic mass is 32.2. The molecule has 0 atom stereocenters. The van der Waals surface area contributed by atoms with Gasteiger partial charge in [-0.25, -0.2) is 8.42 Å². The summed E-state index contributed by atoms with van der Waals surface area (Å²) in [4.78, 5) is 21.0. The Kier molecular flexibility index (Phi) is 5.70. The van der Waals surface area contributed by atoms with Crippen molar-refractivity contribution in [3.63, 3.8) is 0 Å². The number of nitrogens with zero attached hydrogens (tertiary/aromatic N) is 1. The van der Waals surface area contributed by atoms with Gasteiger partial charge in [-0.05, 0) is 48.6 Å². The Balaban J connectivity index is 1.64. The van der Waals surface area contributed by atoms with Crippen LogP contribution in [0.1, 0.15) is 34.7 Å². The molecule has 6 nitrogen and oxygen atoms in total. The Hall–Kier alpha value is -2.22. The molecule has 1 heterocycles. The van der Waals surface area contributed by atoms with Crippen molar-refractivity contribution in [1.82, 2.24) is 9.79 Å². The maximum absolute atomic E-state index is 12.7.